The van der Waals surface area contributed by atoms with E-state index in [4.69, 9.17) is 28.2 Å². The summed E-state index contributed by atoms with van der Waals surface area (Å²) in [5.74, 6) is 0. The predicted octanol–water partition coefficient (Wildman–Crippen LogP) is 3.71. The molecular formula is C24H28N4O4S. The van der Waals surface area contributed by atoms with Gasteiger partial charge in [0.2, 0.25) is 27.1 Å². The summed E-state index contributed by atoms with van der Waals surface area (Å²) < 4.78 is 35.1. The molecule has 4 rings (SSSR count). The monoisotopic (exact) mass is 468 g/mol. The van der Waals surface area contributed by atoms with Crippen LogP contribution >= 0.6 is 0 Å². The van der Waals surface area contributed by atoms with Crippen molar-refractivity contribution in [3.8, 4) is 5.69 Å². The van der Waals surface area contributed by atoms with Crippen molar-refractivity contribution in [1.29, 1.82) is 0 Å². The van der Waals surface area contributed by atoms with E-state index in [1.165, 1.54) is 11.3 Å². The smallest absolute Gasteiger partial charge is 0.239 e. The minimum absolute atomic E-state index is 0.786. The number of aromatic nitrogens is 2. The summed E-state index contributed by atoms with van der Waals surface area (Å²) >= 11 is 0. The van der Waals surface area contributed by atoms with E-state index in [0.717, 1.165) is 52.1 Å². The number of nitrogen functional groups attached to an aromatic ring is 1. The maximum Gasteiger partial charge on any atom is 0.239 e. The molecule has 0 amide bonds. The molecule has 0 saturated heterocycles. The Bertz CT molecular complexity index is 1400. The normalized spacial score (nSPS) is 11.3. The highest BCUT2D eigenvalue weighted by Crippen LogP contribution is 2.28. The Kier molecular flexibility index (Phi) is 7.16. The SMILES string of the molecule is CCN(CC)c1cc2c(cc1C)nc1cc(C)c(N)cc1[n+]2-c1ccccc1.O=S(=O)([O-])O. The van der Waals surface area contributed by atoms with Crippen LogP contribution in [0.2, 0.25) is 0 Å². The molecular weight excluding hydrogens is 440 g/mol. The Morgan fingerprint density at radius 3 is 2.03 bits per heavy atom. The number of rotatable bonds is 4. The summed E-state index contributed by atoms with van der Waals surface area (Å²) in [4.78, 5) is 7.37. The minimum atomic E-state index is -4.92. The Balaban J connectivity index is 0.000000555. The third-order valence-corrected chi connectivity index (χ3v) is 5.50. The first kappa shape index (κ1) is 24.4. The number of hydrogen-bond donors (Lipinski definition) is 2. The highest BCUT2D eigenvalue weighted by Gasteiger charge is 2.22. The van der Waals surface area contributed by atoms with Gasteiger partial charge in [0, 0.05) is 48.7 Å². The van der Waals surface area contributed by atoms with E-state index in [1.54, 1.807) is 0 Å². The van der Waals surface area contributed by atoms with Crippen molar-refractivity contribution in [2.45, 2.75) is 27.7 Å². The van der Waals surface area contributed by atoms with Crippen molar-refractivity contribution in [2.24, 2.45) is 0 Å². The van der Waals surface area contributed by atoms with Gasteiger partial charge in [0.25, 0.3) is 0 Å². The molecule has 33 heavy (non-hydrogen) atoms. The zero-order chi connectivity index (χ0) is 24.3. The van der Waals surface area contributed by atoms with E-state index < -0.39 is 10.4 Å². The number of fused-ring (bicyclic) bond motifs is 2. The van der Waals surface area contributed by atoms with Crippen molar-refractivity contribution in [2.75, 3.05) is 23.7 Å². The number of benzene rings is 3. The molecule has 0 unspecified atom stereocenters. The Morgan fingerprint density at radius 1 is 0.970 bits per heavy atom. The van der Waals surface area contributed by atoms with E-state index in [0.29, 0.717) is 0 Å². The number of nitrogens with zero attached hydrogens (tertiary/aromatic N) is 3. The first-order chi connectivity index (χ1) is 15.5. The van der Waals surface area contributed by atoms with Gasteiger partial charge >= 0.3 is 0 Å². The van der Waals surface area contributed by atoms with Crippen LogP contribution in [0.25, 0.3) is 27.8 Å². The Labute approximate surface area is 193 Å². The first-order valence-electron chi connectivity index (χ1n) is 10.6. The van der Waals surface area contributed by atoms with Gasteiger partial charge in [-0.15, -0.1) is 4.57 Å². The van der Waals surface area contributed by atoms with Crippen molar-refractivity contribution in [1.82, 2.24) is 4.98 Å². The van der Waals surface area contributed by atoms with Gasteiger partial charge in [-0.05, 0) is 51.0 Å². The van der Waals surface area contributed by atoms with Gasteiger partial charge in [-0.2, -0.15) is 0 Å². The molecule has 0 aliphatic carbocycles. The van der Waals surface area contributed by atoms with E-state index in [1.807, 2.05) is 19.1 Å². The van der Waals surface area contributed by atoms with Crippen molar-refractivity contribution in [3.05, 3.63) is 65.7 Å². The van der Waals surface area contributed by atoms with Gasteiger partial charge in [-0.1, -0.05) is 18.2 Å². The zero-order valence-corrected chi connectivity index (χ0v) is 19.9. The van der Waals surface area contributed by atoms with Crippen LogP contribution in [0, 0.1) is 13.8 Å². The average molecular weight is 469 g/mol. The number of nitrogens with two attached hydrogens (primary N) is 1. The summed E-state index contributed by atoms with van der Waals surface area (Å²) in [6.45, 7) is 10.5. The molecule has 3 aromatic carbocycles. The fourth-order valence-electron chi connectivity index (χ4n) is 3.92. The highest BCUT2D eigenvalue weighted by molar-refractivity contribution is 7.79. The van der Waals surface area contributed by atoms with Gasteiger partial charge in [0.15, 0.2) is 0 Å². The first-order valence-corrected chi connectivity index (χ1v) is 11.9. The second-order valence-electron chi connectivity index (χ2n) is 7.71. The number of aryl methyl sites for hydroxylation is 2. The highest BCUT2D eigenvalue weighted by atomic mass is 32.3. The van der Waals surface area contributed by atoms with Crippen LogP contribution < -0.4 is 15.2 Å². The quantitative estimate of drug-likeness (QED) is 0.154. The zero-order valence-electron chi connectivity index (χ0n) is 19.1. The molecule has 0 radical (unpaired) electrons. The second kappa shape index (κ2) is 9.70. The lowest BCUT2D eigenvalue weighted by Gasteiger charge is -2.23. The summed E-state index contributed by atoms with van der Waals surface area (Å²) in [5.41, 5.74) is 15.8. The molecule has 9 heteroatoms. The summed E-state index contributed by atoms with van der Waals surface area (Å²) in [7, 11) is -4.92. The van der Waals surface area contributed by atoms with Gasteiger partial charge < -0.3 is 15.2 Å². The molecule has 8 nitrogen and oxygen atoms in total. The minimum Gasteiger partial charge on any atom is -0.726 e. The lowest BCUT2D eigenvalue weighted by Crippen LogP contribution is -2.34. The van der Waals surface area contributed by atoms with E-state index in [2.05, 4.69) is 72.7 Å². The summed E-state index contributed by atoms with van der Waals surface area (Å²) in [6.07, 6.45) is 0. The lowest BCUT2D eigenvalue weighted by molar-refractivity contribution is -0.538. The fourth-order valence-corrected chi connectivity index (χ4v) is 3.92. The summed E-state index contributed by atoms with van der Waals surface area (Å²) in [6, 6.07) is 19.0. The topological polar surface area (TPSA) is 123 Å². The Hall–Kier alpha value is -3.27. The van der Waals surface area contributed by atoms with Crippen molar-refractivity contribution < 1.29 is 22.1 Å². The largest absolute Gasteiger partial charge is 0.726 e. The van der Waals surface area contributed by atoms with Crippen LogP contribution in [0.4, 0.5) is 11.4 Å². The number of anilines is 2. The van der Waals surface area contributed by atoms with Crippen LogP contribution in [0.3, 0.4) is 0 Å². The van der Waals surface area contributed by atoms with Crippen LogP contribution in [0.1, 0.15) is 25.0 Å². The molecule has 174 valence electrons. The van der Waals surface area contributed by atoms with Crippen molar-refractivity contribution in [3.63, 3.8) is 0 Å². The molecule has 3 N–H and O–H groups in total. The molecule has 0 aliphatic heterocycles. The molecule has 4 aromatic rings. The fraction of sp³-hybridized carbons (Fsp3) is 0.250. The lowest BCUT2D eigenvalue weighted by atomic mass is 10.1. The van der Waals surface area contributed by atoms with E-state index in [9.17, 15) is 0 Å². The van der Waals surface area contributed by atoms with E-state index >= 15 is 0 Å². The number of hydrogen-bond acceptors (Lipinski definition) is 6. The maximum atomic E-state index is 8.63. The Morgan fingerprint density at radius 2 is 1.48 bits per heavy atom. The van der Waals surface area contributed by atoms with Crippen LogP contribution in [-0.4, -0.2) is 35.6 Å². The molecule has 0 fully saturated rings. The van der Waals surface area contributed by atoms with Crippen LogP contribution in [-0.2, 0) is 10.4 Å². The van der Waals surface area contributed by atoms with Gasteiger partial charge in [-0.25, -0.2) is 13.4 Å². The molecule has 1 aromatic heterocycles. The molecule has 0 spiro atoms. The van der Waals surface area contributed by atoms with Crippen LogP contribution in [0.5, 0.6) is 0 Å². The van der Waals surface area contributed by atoms with Crippen molar-refractivity contribution >= 4 is 43.8 Å². The number of para-hydroxylation sites is 1. The molecule has 0 aliphatic rings. The standard InChI is InChI=1S/C24H26N4.H2O4S/c1-5-27(6-2)22-15-24-21(13-17(22)4)26-20-12-16(3)19(25)14-23(20)28(24)18-10-8-7-9-11-18;1-5(2,3)4/h7-15,25H,5-6H2,1-4H3;(H2,1,2,3,4). The molecule has 1 heterocycles. The third kappa shape index (κ3) is 5.57. The summed E-state index contributed by atoms with van der Waals surface area (Å²) in [5, 5.41) is 0. The third-order valence-electron chi connectivity index (χ3n) is 5.50. The van der Waals surface area contributed by atoms with Gasteiger partial charge in [-0.3, -0.25) is 4.55 Å². The molecule has 0 saturated carbocycles. The maximum absolute atomic E-state index is 8.63. The van der Waals surface area contributed by atoms with Crippen LogP contribution in [0.15, 0.2) is 54.6 Å². The average Bonchev–Trinajstić information content (AvgIpc) is 2.74. The molecule has 0 atom stereocenters. The van der Waals surface area contributed by atoms with Gasteiger partial charge in [0.1, 0.15) is 11.0 Å². The van der Waals surface area contributed by atoms with Gasteiger partial charge in [0.05, 0.1) is 0 Å². The predicted molar refractivity (Wildman–Crippen MR) is 131 cm³/mol. The molecule has 0 bridgehead atoms. The van der Waals surface area contributed by atoms with E-state index in [-0.39, 0.29) is 0 Å². The second-order valence-corrected chi connectivity index (χ2v) is 8.56.